The predicted octanol–water partition coefficient (Wildman–Crippen LogP) is 2.43. The van der Waals surface area contributed by atoms with E-state index in [-0.39, 0.29) is 16.0 Å². The normalized spacial score (nSPS) is 19.1. The molecule has 1 fully saturated rings. The Balaban J connectivity index is 2.83. The van der Waals surface area contributed by atoms with Crippen molar-refractivity contribution >= 4 is 37.8 Å². The van der Waals surface area contributed by atoms with Gasteiger partial charge in [0, 0.05) is 11.8 Å². The number of hydrogen-bond acceptors (Lipinski definition) is 5. The molecule has 1 aromatic carbocycles. The van der Waals surface area contributed by atoms with Crippen molar-refractivity contribution in [3.05, 3.63) is 28.8 Å². The molecule has 0 bridgehead atoms. The van der Waals surface area contributed by atoms with Crippen LogP contribution in [0.25, 0.3) is 0 Å². The summed E-state index contributed by atoms with van der Waals surface area (Å²) < 4.78 is 46.7. The molecule has 0 radical (unpaired) electrons. The molecular weight excluding hydrogens is 348 g/mol. The molecule has 0 spiro atoms. The maximum atomic E-state index is 12.1. The van der Waals surface area contributed by atoms with Crippen LogP contribution in [0.2, 0.25) is 0 Å². The highest BCUT2D eigenvalue weighted by molar-refractivity contribution is 7.90. The lowest BCUT2D eigenvalue weighted by Gasteiger charge is -2.34. The molecule has 8 heteroatoms. The quantitative estimate of drug-likeness (QED) is 0.605. The van der Waals surface area contributed by atoms with Gasteiger partial charge in [-0.25, -0.2) is 8.42 Å². The fraction of sp³-hybridized carbons (Fsp3) is 0.500. The van der Waals surface area contributed by atoms with Gasteiger partial charge >= 0.3 is 0 Å². The van der Waals surface area contributed by atoms with E-state index in [9.17, 15) is 22.0 Å². The molecule has 2 rings (SSSR count). The van der Waals surface area contributed by atoms with Crippen LogP contribution in [0.4, 0.5) is 0 Å². The van der Waals surface area contributed by atoms with E-state index >= 15 is 0 Å². The first-order valence-electron chi connectivity index (χ1n) is 6.74. The minimum atomic E-state index is -3.70. The fourth-order valence-electron chi connectivity index (χ4n) is 3.03. The minimum absolute atomic E-state index is 0.0793. The number of halogens is 1. The summed E-state index contributed by atoms with van der Waals surface area (Å²) in [4.78, 5) is 11.3. The molecule has 0 saturated heterocycles. The third kappa shape index (κ3) is 2.99. The van der Waals surface area contributed by atoms with Crippen LogP contribution < -0.4 is 0 Å². The van der Waals surface area contributed by atoms with E-state index in [0.29, 0.717) is 31.2 Å². The third-order valence-corrected chi connectivity index (χ3v) is 6.77. The van der Waals surface area contributed by atoms with Gasteiger partial charge in [0.1, 0.15) is 0 Å². The van der Waals surface area contributed by atoms with Gasteiger partial charge in [-0.2, -0.15) is 0 Å². The van der Waals surface area contributed by atoms with Crippen LogP contribution in [-0.2, 0) is 25.7 Å². The van der Waals surface area contributed by atoms with Crippen molar-refractivity contribution in [1.29, 1.82) is 0 Å². The highest BCUT2D eigenvalue weighted by atomic mass is 35.5. The fourth-order valence-corrected chi connectivity index (χ4v) is 5.26. The summed E-state index contributed by atoms with van der Waals surface area (Å²) in [7, 11) is -3.70. The molecule has 0 aromatic heterocycles. The van der Waals surface area contributed by atoms with Gasteiger partial charge in [-0.05, 0) is 59.6 Å². The molecule has 0 N–H and O–H groups in total. The summed E-state index contributed by atoms with van der Waals surface area (Å²) in [5.74, 6) is 0. The average molecular weight is 364 g/mol. The molecule has 1 aliphatic rings. The molecule has 0 heterocycles. The molecule has 22 heavy (non-hydrogen) atoms. The molecule has 1 saturated carbocycles. The number of sulfone groups is 1. The van der Waals surface area contributed by atoms with Crippen molar-refractivity contribution in [3.8, 4) is 0 Å². The number of aryl methyl sites for hydroxylation is 1. The van der Waals surface area contributed by atoms with Crippen molar-refractivity contribution in [3.63, 3.8) is 0 Å². The zero-order chi connectivity index (χ0) is 16.7. The Hall–Kier alpha value is -0.760. The largest absolute Gasteiger partial charge is 0.772 e. The van der Waals surface area contributed by atoms with Crippen LogP contribution in [0.1, 0.15) is 47.2 Å². The SMILES string of the molecule is Cc1cc(C2(S(=O)[O-])CCCC2)c(S(C)(=O)=O)cc1C(=O)Cl. The van der Waals surface area contributed by atoms with Gasteiger partial charge in [0.25, 0.3) is 5.24 Å². The van der Waals surface area contributed by atoms with E-state index in [2.05, 4.69) is 0 Å². The van der Waals surface area contributed by atoms with E-state index in [1.54, 1.807) is 6.92 Å². The van der Waals surface area contributed by atoms with E-state index in [0.717, 1.165) is 6.26 Å². The molecule has 1 aliphatic carbocycles. The highest BCUT2D eigenvalue weighted by Crippen LogP contribution is 2.46. The van der Waals surface area contributed by atoms with E-state index < -0.39 is 30.9 Å². The Morgan fingerprint density at radius 1 is 1.32 bits per heavy atom. The monoisotopic (exact) mass is 363 g/mol. The maximum Gasteiger partial charge on any atom is 0.252 e. The first kappa shape index (κ1) is 17.6. The summed E-state index contributed by atoms with van der Waals surface area (Å²) in [5.41, 5.74) is 0.801. The number of carbonyl (C=O) groups excluding carboxylic acids is 1. The zero-order valence-corrected chi connectivity index (χ0v) is 14.6. The lowest BCUT2D eigenvalue weighted by atomic mass is 9.93. The van der Waals surface area contributed by atoms with E-state index in [4.69, 9.17) is 11.6 Å². The van der Waals surface area contributed by atoms with Gasteiger partial charge in [-0.1, -0.05) is 18.9 Å². The molecule has 1 atom stereocenters. The number of benzene rings is 1. The van der Waals surface area contributed by atoms with Gasteiger partial charge in [0.05, 0.1) is 9.64 Å². The Kier molecular flexibility index (Phi) is 4.82. The molecule has 1 unspecified atom stereocenters. The second kappa shape index (κ2) is 6.03. The zero-order valence-electron chi connectivity index (χ0n) is 12.2. The summed E-state index contributed by atoms with van der Waals surface area (Å²) in [6.45, 7) is 1.61. The average Bonchev–Trinajstić information content (AvgIpc) is 2.86. The van der Waals surface area contributed by atoms with Gasteiger partial charge < -0.3 is 4.55 Å². The Morgan fingerprint density at radius 2 is 1.86 bits per heavy atom. The molecule has 1 aromatic rings. The number of hydrogen-bond donors (Lipinski definition) is 0. The van der Waals surface area contributed by atoms with Crippen LogP contribution in [0.15, 0.2) is 17.0 Å². The van der Waals surface area contributed by atoms with E-state index in [1.807, 2.05) is 0 Å². The maximum absolute atomic E-state index is 12.1. The summed E-state index contributed by atoms with van der Waals surface area (Å²) in [6, 6.07) is 2.68. The third-order valence-electron chi connectivity index (χ3n) is 4.16. The predicted molar refractivity (Wildman–Crippen MR) is 83.5 cm³/mol. The van der Waals surface area contributed by atoms with Crippen LogP contribution in [0, 0.1) is 6.92 Å². The summed E-state index contributed by atoms with van der Waals surface area (Å²) in [5, 5.41) is -0.766. The molecular formula is C14H16ClO5S2-. The van der Waals surface area contributed by atoms with Gasteiger partial charge in [-0.3, -0.25) is 9.00 Å². The highest BCUT2D eigenvalue weighted by Gasteiger charge is 2.40. The second-order valence-electron chi connectivity index (χ2n) is 5.65. The van der Waals surface area contributed by atoms with Crippen molar-refractivity contribution < 1.29 is 22.0 Å². The topological polar surface area (TPSA) is 91.3 Å². The minimum Gasteiger partial charge on any atom is -0.772 e. The lowest BCUT2D eigenvalue weighted by molar-refractivity contribution is 0.108. The van der Waals surface area contributed by atoms with Crippen molar-refractivity contribution in [1.82, 2.24) is 0 Å². The van der Waals surface area contributed by atoms with Crippen molar-refractivity contribution in [2.75, 3.05) is 6.26 Å². The summed E-state index contributed by atoms with van der Waals surface area (Å²) >= 11 is 3.03. The van der Waals surface area contributed by atoms with Gasteiger partial charge in [0.2, 0.25) is 0 Å². The first-order chi connectivity index (χ1) is 10.1. The Labute approximate surface area is 137 Å². The van der Waals surface area contributed by atoms with Gasteiger partial charge in [0.15, 0.2) is 9.84 Å². The molecule has 0 amide bonds. The van der Waals surface area contributed by atoms with Crippen LogP contribution in [0.3, 0.4) is 0 Å². The van der Waals surface area contributed by atoms with Crippen LogP contribution in [-0.4, -0.2) is 28.7 Å². The van der Waals surface area contributed by atoms with Crippen LogP contribution in [0.5, 0.6) is 0 Å². The second-order valence-corrected chi connectivity index (χ2v) is 9.22. The van der Waals surface area contributed by atoms with Gasteiger partial charge in [-0.15, -0.1) is 0 Å². The van der Waals surface area contributed by atoms with Crippen LogP contribution >= 0.6 is 11.6 Å². The number of carbonyl (C=O) groups is 1. The molecule has 5 nitrogen and oxygen atoms in total. The Morgan fingerprint density at radius 3 is 2.27 bits per heavy atom. The standard InChI is InChI=1S/C14H17ClO5S2/c1-9-7-11(14(21(17)18)5-3-4-6-14)12(22(2,19)20)8-10(9)13(15)16/h7-8H,3-6H2,1-2H3,(H,17,18)/p-1. The Bertz CT molecular complexity index is 749. The molecule has 0 aliphatic heterocycles. The first-order valence-corrected chi connectivity index (χ1v) is 10.1. The van der Waals surface area contributed by atoms with Crippen molar-refractivity contribution in [2.45, 2.75) is 42.2 Å². The summed E-state index contributed by atoms with van der Waals surface area (Å²) in [6.07, 6.45) is 3.18. The van der Waals surface area contributed by atoms with Crippen molar-refractivity contribution in [2.24, 2.45) is 0 Å². The number of rotatable bonds is 4. The molecule has 122 valence electrons. The smallest absolute Gasteiger partial charge is 0.252 e. The van der Waals surface area contributed by atoms with E-state index in [1.165, 1.54) is 12.1 Å². The lowest BCUT2D eigenvalue weighted by Crippen LogP contribution is -2.30.